The van der Waals surface area contributed by atoms with Crippen LogP contribution in [0.25, 0.3) is 0 Å². The number of amides is 1. The molecule has 3 N–H and O–H groups in total. The second-order valence-electron chi connectivity index (χ2n) is 7.15. The molecule has 0 spiro atoms. The van der Waals surface area contributed by atoms with Gasteiger partial charge in [-0.05, 0) is 41.8 Å². The number of rotatable bonds is 9. The van der Waals surface area contributed by atoms with Crippen molar-refractivity contribution in [3.8, 4) is 0 Å². The van der Waals surface area contributed by atoms with E-state index in [0.29, 0.717) is 10.0 Å². The highest BCUT2D eigenvalue weighted by atomic mass is 35.5. The zero-order chi connectivity index (χ0) is 24.0. The Bertz CT molecular complexity index is 1180. The number of halogens is 2. The molecule has 0 atom stereocenters. The van der Waals surface area contributed by atoms with Crippen LogP contribution in [0.3, 0.4) is 0 Å². The highest BCUT2D eigenvalue weighted by molar-refractivity contribution is 6.30. The van der Waals surface area contributed by atoms with Gasteiger partial charge in [-0.1, -0.05) is 47.5 Å². The van der Waals surface area contributed by atoms with Gasteiger partial charge in [0.15, 0.2) is 11.6 Å². The van der Waals surface area contributed by atoms with Crippen LogP contribution in [-0.2, 0) is 4.79 Å². The van der Waals surface area contributed by atoms with E-state index >= 15 is 0 Å². The molecule has 0 aliphatic carbocycles. The molecule has 170 valence electrons. The van der Waals surface area contributed by atoms with Crippen molar-refractivity contribution < 1.29 is 19.5 Å². The smallest absolute Gasteiger partial charge is 0.303 e. The Morgan fingerprint density at radius 3 is 1.97 bits per heavy atom. The van der Waals surface area contributed by atoms with E-state index in [9.17, 15) is 19.2 Å². The molecule has 0 radical (unpaired) electrons. The van der Waals surface area contributed by atoms with Crippen LogP contribution in [-0.4, -0.2) is 32.7 Å². The minimum atomic E-state index is -1.02. The summed E-state index contributed by atoms with van der Waals surface area (Å²) in [6, 6.07) is 13.1. The molecule has 0 fully saturated rings. The standard InChI is InChI=1S/C23H19Cl2N3O5/c24-15-8-4-13(5-9-15)20(14-6-10-16(25)11-7-14)27-22(32)17-12-26-21(28-23(17)33)18(29)2-1-3-19(30)31/h4-12,20H,1-3H2,(H,27,32)(H,30,31)(H,26,28,33). The second-order valence-corrected chi connectivity index (χ2v) is 8.03. The van der Waals surface area contributed by atoms with Gasteiger partial charge in [-0.15, -0.1) is 0 Å². The molecule has 3 rings (SSSR count). The number of Topliss-reactive ketones (excluding diaryl/α,β-unsaturated/α-hetero) is 1. The lowest BCUT2D eigenvalue weighted by Gasteiger charge is -2.20. The first-order valence-corrected chi connectivity index (χ1v) is 10.7. The number of carbonyl (C=O) groups is 3. The molecule has 0 aliphatic rings. The van der Waals surface area contributed by atoms with Crippen molar-refractivity contribution in [1.82, 2.24) is 15.3 Å². The van der Waals surface area contributed by atoms with Gasteiger partial charge in [0.25, 0.3) is 11.5 Å². The summed E-state index contributed by atoms with van der Waals surface area (Å²) in [5.41, 5.74) is 0.398. The van der Waals surface area contributed by atoms with Crippen LogP contribution in [0.2, 0.25) is 10.0 Å². The molecule has 0 bridgehead atoms. The Morgan fingerprint density at radius 1 is 0.939 bits per heavy atom. The highest BCUT2D eigenvalue weighted by Crippen LogP contribution is 2.25. The van der Waals surface area contributed by atoms with Gasteiger partial charge in [0, 0.05) is 29.1 Å². The number of aliphatic carboxylic acids is 1. The summed E-state index contributed by atoms with van der Waals surface area (Å²) in [5.74, 6) is -2.45. The summed E-state index contributed by atoms with van der Waals surface area (Å²) in [4.78, 5) is 54.3. The van der Waals surface area contributed by atoms with Gasteiger partial charge < -0.3 is 15.4 Å². The van der Waals surface area contributed by atoms with Crippen molar-refractivity contribution in [2.75, 3.05) is 0 Å². The van der Waals surface area contributed by atoms with E-state index in [0.717, 1.165) is 17.3 Å². The first-order chi connectivity index (χ1) is 15.7. The monoisotopic (exact) mass is 487 g/mol. The summed E-state index contributed by atoms with van der Waals surface area (Å²) < 4.78 is 0. The number of ketones is 1. The maximum Gasteiger partial charge on any atom is 0.303 e. The minimum absolute atomic E-state index is 0.0873. The van der Waals surface area contributed by atoms with Gasteiger partial charge in [0.2, 0.25) is 0 Å². The summed E-state index contributed by atoms with van der Waals surface area (Å²) >= 11 is 12.0. The van der Waals surface area contributed by atoms with Gasteiger partial charge in [-0.2, -0.15) is 0 Å². The van der Waals surface area contributed by atoms with Crippen molar-refractivity contribution in [2.45, 2.75) is 25.3 Å². The van der Waals surface area contributed by atoms with Crippen LogP contribution in [0.5, 0.6) is 0 Å². The zero-order valence-electron chi connectivity index (χ0n) is 17.2. The first kappa shape index (κ1) is 24.2. The van der Waals surface area contributed by atoms with Gasteiger partial charge in [-0.3, -0.25) is 19.2 Å². The van der Waals surface area contributed by atoms with Crippen molar-refractivity contribution in [1.29, 1.82) is 0 Å². The molecule has 0 saturated heterocycles. The lowest BCUT2D eigenvalue weighted by molar-refractivity contribution is -0.137. The largest absolute Gasteiger partial charge is 0.481 e. The molecule has 8 nitrogen and oxygen atoms in total. The van der Waals surface area contributed by atoms with E-state index in [-0.39, 0.29) is 30.7 Å². The topological polar surface area (TPSA) is 129 Å². The van der Waals surface area contributed by atoms with E-state index in [1.165, 1.54) is 0 Å². The van der Waals surface area contributed by atoms with Crippen LogP contribution in [0.15, 0.2) is 59.5 Å². The van der Waals surface area contributed by atoms with Crippen LogP contribution in [0, 0.1) is 0 Å². The maximum atomic E-state index is 12.9. The number of carboxylic acids is 1. The average Bonchev–Trinajstić information content (AvgIpc) is 2.78. The van der Waals surface area contributed by atoms with Crippen LogP contribution in [0.4, 0.5) is 0 Å². The number of benzene rings is 2. The molecule has 0 saturated carbocycles. The summed E-state index contributed by atoms with van der Waals surface area (Å²) in [6.45, 7) is 0. The van der Waals surface area contributed by atoms with E-state index in [4.69, 9.17) is 28.3 Å². The zero-order valence-corrected chi connectivity index (χ0v) is 18.7. The second kappa shape index (κ2) is 10.9. The SMILES string of the molecule is O=C(O)CCCC(=O)c1ncc(C(=O)NC(c2ccc(Cl)cc2)c2ccc(Cl)cc2)c(=O)[nH]1. The van der Waals surface area contributed by atoms with Gasteiger partial charge >= 0.3 is 5.97 Å². The molecule has 0 aliphatic heterocycles. The first-order valence-electron chi connectivity index (χ1n) is 9.90. The third-order valence-electron chi connectivity index (χ3n) is 4.78. The van der Waals surface area contributed by atoms with Crippen molar-refractivity contribution >= 4 is 40.9 Å². The van der Waals surface area contributed by atoms with E-state index in [1.807, 2.05) is 0 Å². The summed E-state index contributed by atoms with van der Waals surface area (Å²) in [5, 5.41) is 12.5. The maximum absolute atomic E-state index is 12.9. The molecular formula is C23H19Cl2N3O5. The Balaban J connectivity index is 1.82. The van der Waals surface area contributed by atoms with Crippen molar-refractivity contribution in [3.05, 3.63) is 97.6 Å². The predicted molar refractivity (Wildman–Crippen MR) is 123 cm³/mol. The summed E-state index contributed by atoms with van der Waals surface area (Å²) in [6.07, 6.45) is 0.882. The number of carboxylic acid groups (broad SMARTS) is 1. The number of aromatic nitrogens is 2. The minimum Gasteiger partial charge on any atom is -0.481 e. The fourth-order valence-corrected chi connectivity index (χ4v) is 3.35. The van der Waals surface area contributed by atoms with Gasteiger partial charge in [0.1, 0.15) is 5.56 Å². The van der Waals surface area contributed by atoms with Crippen LogP contribution >= 0.6 is 23.2 Å². The van der Waals surface area contributed by atoms with Gasteiger partial charge in [-0.25, -0.2) is 4.98 Å². The van der Waals surface area contributed by atoms with E-state index in [2.05, 4.69) is 15.3 Å². The Morgan fingerprint density at radius 2 is 1.48 bits per heavy atom. The molecule has 2 aromatic carbocycles. The summed E-state index contributed by atoms with van der Waals surface area (Å²) in [7, 11) is 0. The number of aromatic amines is 1. The molecule has 0 unspecified atom stereocenters. The number of H-pyrrole nitrogens is 1. The predicted octanol–water partition coefficient (Wildman–Crippen LogP) is 4.03. The molecular weight excluding hydrogens is 469 g/mol. The Labute approximate surface area is 198 Å². The fourth-order valence-electron chi connectivity index (χ4n) is 3.10. The van der Waals surface area contributed by atoms with Crippen LogP contribution < -0.4 is 10.9 Å². The third kappa shape index (κ3) is 6.50. The van der Waals surface area contributed by atoms with Gasteiger partial charge in [0.05, 0.1) is 6.04 Å². The van der Waals surface area contributed by atoms with Crippen molar-refractivity contribution in [3.63, 3.8) is 0 Å². The fraction of sp³-hybridized carbons (Fsp3) is 0.174. The van der Waals surface area contributed by atoms with Crippen molar-refractivity contribution in [2.24, 2.45) is 0 Å². The quantitative estimate of drug-likeness (QED) is 0.390. The number of hydrogen-bond acceptors (Lipinski definition) is 5. The molecule has 1 amide bonds. The normalized spacial score (nSPS) is 10.8. The number of nitrogens with one attached hydrogen (secondary N) is 2. The third-order valence-corrected chi connectivity index (χ3v) is 5.29. The number of carbonyl (C=O) groups excluding carboxylic acids is 2. The molecule has 3 aromatic rings. The van der Waals surface area contributed by atoms with Crippen LogP contribution in [0.1, 0.15) is 57.4 Å². The number of hydrogen-bond donors (Lipinski definition) is 3. The molecule has 33 heavy (non-hydrogen) atoms. The molecule has 10 heteroatoms. The molecule has 1 aromatic heterocycles. The average molecular weight is 488 g/mol. The Hall–Kier alpha value is -3.49. The molecule has 1 heterocycles. The van der Waals surface area contributed by atoms with E-state index in [1.54, 1.807) is 48.5 Å². The lowest BCUT2D eigenvalue weighted by atomic mass is 9.98. The highest BCUT2D eigenvalue weighted by Gasteiger charge is 2.21. The Kier molecular flexibility index (Phi) is 7.97. The number of nitrogens with zero attached hydrogens (tertiary/aromatic N) is 1. The lowest BCUT2D eigenvalue weighted by Crippen LogP contribution is -2.34. The van der Waals surface area contributed by atoms with E-state index < -0.39 is 29.3 Å².